The largest absolute Gasteiger partial charge is 0.272 e. The van der Waals surface area contributed by atoms with Gasteiger partial charge in [-0.3, -0.25) is 14.4 Å². The van der Waals surface area contributed by atoms with Crippen molar-refractivity contribution in [2.45, 2.75) is 143 Å². The Labute approximate surface area is 230 Å². The van der Waals surface area contributed by atoms with Gasteiger partial charge in [0.1, 0.15) is 0 Å². The molecule has 2 saturated heterocycles. The van der Waals surface area contributed by atoms with E-state index >= 15 is 0 Å². The highest BCUT2D eigenvalue weighted by atomic mass is 17.2. The fourth-order valence-corrected chi connectivity index (χ4v) is 9.34. The number of hydroxylamine groups is 2. The molecule has 5 fully saturated rings. The maximum absolute atomic E-state index is 12.2. The van der Waals surface area contributed by atoms with Gasteiger partial charge in [0.05, 0.1) is 18.8 Å². The summed E-state index contributed by atoms with van der Waals surface area (Å²) in [5.74, 6) is 3.02. The Morgan fingerprint density at radius 3 is 2.32 bits per heavy atom. The molecular formula is C32H53NO5. The Balaban J connectivity index is 1.29. The third-order valence-corrected chi connectivity index (χ3v) is 11.8. The molecule has 8 atom stereocenters. The first-order valence-electron chi connectivity index (χ1n) is 16.0. The quantitative estimate of drug-likeness (QED) is 0.280. The molecule has 8 unspecified atom stereocenters. The Morgan fingerprint density at radius 1 is 0.842 bits per heavy atom. The smallest absolute Gasteiger partial charge is 0.254 e. The Morgan fingerprint density at radius 2 is 1.55 bits per heavy atom. The van der Waals surface area contributed by atoms with Crippen LogP contribution in [0.15, 0.2) is 0 Å². The van der Waals surface area contributed by atoms with Crippen molar-refractivity contribution in [1.29, 1.82) is 0 Å². The zero-order chi connectivity index (χ0) is 26.9. The van der Waals surface area contributed by atoms with Gasteiger partial charge >= 0.3 is 0 Å². The van der Waals surface area contributed by atoms with E-state index in [2.05, 4.69) is 27.7 Å². The van der Waals surface area contributed by atoms with Crippen molar-refractivity contribution in [3.05, 3.63) is 0 Å². The lowest BCUT2D eigenvalue weighted by Crippen LogP contribution is -2.46. The maximum Gasteiger partial charge on any atom is 0.254 e. The van der Waals surface area contributed by atoms with Gasteiger partial charge < -0.3 is 0 Å². The van der Waals surface area contributed by atoms with E-state index in [-0.39, 0.29) is 42.3 Å². The molecular weight excluding hydrogens is 478 g/mol. The summed E-state index contributed by atoms with van der Waals surface area (Å²) in [6, 6.07) is 0. The Bertz CT molecular complexity index is 828. The van der Waals surface area contributed by atoms with Gasteiger partial charge in [0.2, 0.25) is 0 Å². The van der Waals surface area contributed by atoms with Gasteiger partial charge in [-0.15, -0.1) is 0 Å². The lowest BCUT2D eigenvalue weighted by Gasteiger charge is -2.54. The predicted molar refractivity (Wildman–Crippen MR) is 146 cm³/mol. The van der Waals surface area contributed by atoms with Gasteiger partial charge in [-0.25, -0.2) is 9.78 Å². The monoisotopic (exact) mass is 531 g/mol. The molecule has 0 spiro atoms. The lowest BCUT2D eigenvalue weighted by atomic mass is 9.51. The van der Waals surface area contributed by atoms with E-state index in [4.69, 9.17) is 14.6 Å². The number of carbonyl (C=O) groups is 2. The second kappa shape index (κ2) is 11.9. The average molecular weight is 532 g/mol. The minimum atomic E-state index is -0.171. The van der Waals surface area contributed by atoms with E-state index < -0.39 is 0 Å². The number of fused-ring (bicyclic) bond motifs is 5. The summed E-state index contributed by atoms with van der Waals surface area (Å²) >= 11 is 0. The number of carbonyl (C=O) groups excluding carboxylic acids is 2. The highest BCUT2D eigenvalue weighted by molar-refractivity contribution is 6.00. The van der Waals surface area contributed by atoms with E-state index in [9.17, 15) is 9.59 Å². The molecule has 0 bridgehead atoms. The van der Waals surface area contributed by atoms with Crippen molar-refractivity contribution in [1.82, 2.24) is 5.06 Å². The summed E-state index contributed by atoms with van der Waals surface area (Å²) in [6.45, 7) is 10.6. The van der Waals surface area contributed by atoms with Crippen LogP contribution >= 0.6 is 0 Å². The van der Waals surface area contributed by atoms with Gasteiger partial charge in [0.25, 0.3) is 11.8 Å². The van der Waals surface area contributed by atoms with Crippen molar-refractivity contribution in [3.8, 4) is 0 Å². The Hall–Kier alpha value is -0.980. The van der Waals surface area contributed by atoms with Crippen molar-refractivity contribution >= 4 is 11.8 Å². The molecule has 0 aromatic rings. The van der Waals surface area contributed by atoms with E-state index in [1.54, 1.807) is 0 Å². The molecule has 6 nitrogen and oxygen atoms in total. The molecule has 0 radical (unpaired) electrons. The zero-order valence-electron chi connectivity index (χ0n) is 24.6. The molecule has 0 N–H and O–H groups in total. The van der Waals surface area contributed by atoms with Crippen LogP contribution in [-0.2, 0) is 24.2 Å². The summed E-state index contributed by atoms with van der Waals surface area (Å²) in [7, 11) is 0. The molecule has 2 amide bonds. The topological polar surface area (TPSA) is 65.1 Å². The molecule has 0 aromatic heterocycles. The van der Waals surface area contributed by atoms with E-state index in [0.717, 1.165) is 49.7 Å². The summed E-state index contributed by atoms with van der Waals surface area (Å²) in [5.41, 5.74) is 0.549. The predicted octanol–water partition coefficient (Wildman–Crippen LogP) is 7.40. The van der Waals surface area contributed by atoms with Crippen LogP contribution in [0.2, 0.25) is 0 Å². The van der Waals surface area contributed by atoms with Crippen molar-refractivity contribution in [2.75, 3.05) is 6.61 Å². The van der Waals surface area contributed by atoms with Crippen LogP contribution in [-0.4, -0.2) is 35.7 Å². The fourth-order valence-electron chi connectivity index (χ4n) is 9.34. The fraction of sp³-hybridized carbons (Fsp3) is 0.938. The van der Waals surface area contributed by atoms with E-state index in [1.807, 2.05) is 0 Å². The number of amides is 2. The second-order valence-electron chi connectivity index (χ2n) is 14.4. The van der Waals surface area contributed by atoms with E-state index in [0.29, 0.717) is 29.1 Å². The highest BCUT2D eigenvalue weighted by Crippen LogP contribution is 2.64. The van der Waals surface area contributed by atoms with Gasteiger partial charge in [-0.2, -0.15) is 5.06 Å². The van der Waals surface area contributed by atoms with Crippen LogP contribution in [0.1, 0.15) is 130 Å². The number of hydrogen-bond donors (Lipinski definition) is 0. The summed E-state index contributed by atoms with van der Waals surface area (Å²) in [5, 5.41) is 1.08. The first-order chi connectivity index (χ1) is 18.2. The molecule has 3 saturated carbocycles. The molecule has 38 heavy (non-hydrogen) atoms. The van der Waals surface area contributed by atoms with E-state index in [1.165, 1.54) is 57.8 Å². The Kier molecular flexibility index (Phi) is 8.91. The summed E-state index contributed by atoms with van der Waals surface area (Å²) in [6.07, 6.45) is 17.3. The SMILES string of the molecule is CCC1CCCCC2C(CC3C4CCCCC(ON5C(=O)CCC5=O)CCC(C)(C)C4CCC23C)OOC1. The average Bonchev–Trinajstić information content (AvgIpc) is 3.36. The molecule has 0 aromatic carbocycles. The number of imide groups is 1. The molecule has 216 valence electrons. The lowest BCUT2D eigenvalue weighted by molar-refractivity contribution is -0.339. The van der Waals surface area contributed by atoms with Crippen LogP contribution < -0.4 is 0 Å². The minimum Gasteiger partial charge on any atom is -0.272 e. The second-order valence-corrected chi connectivity index (χ2v) is 14.4. The van der Waals surface area contributed by atoms with Crippen LogP contribution in [0, 0.1) is 40.4 Å². The highest BCUT2D eigenvalue weighted by Gasteiger charge is 2.59. The molecule has 2 aliphatic heterocycles. The standard InChI is InChI=1S/C32H53NO5/c1-5-22-10-6-9-13-26-28(38-36-21-22)20-27-24-12-8-7-11-23(37-33-29(34)14-15-30(33)35)16-18-31(2,3)25(24)17-19-32(26,27)4/h22-28H,5-21H2,1-4H3. The normalized spacial score (nSPS) is 42.7. The molecule has 6 heteroatoms. The summed E-state index contributed by atoms with van der Waals surface area (Å²) < 4.78 is 0. The molecule has 5 rings (SSSR count). The molecule has 2 heterocycles. The maximum atomic E-state index is 12.2. The van der Waals surface area contributed by atoms with Crippen LogP contribution in [0.3, 0.4) is 0 Å². The van der Waals surface area contributed by atoms with Gasteiger partial charge in [0.15, 0.2) is 0 Å². The number of nitrogens with zero attached hydrogens (tertiary/aromatic N) is 1. The summed E-state index contributed by atoms with van der Waals surface area (Å²) in [4.78, 5) is 42.6. The first-order valence-corrected chi connectivity index (χ1v) is 16.0. The third kappa shape index (κ3) is 5.74. The zero-order valence-corrected chi connectivity index (χ0v) is 24.6. The number of rotatable bonds is 3. The minimum absolute atomic E-state index is 0.0436. The number of hydrogen-bond acceptors (Lipinski definition) is 5. The van der Waals surface area contributed by atoms with Crippen LogP contribution in [0.25, 0.3) is 0 Å². The van der Waals surface area contributed by atoms with Crippen molar-refractivity contribution < 1.29 is 24.2 Å². The van der Waals surface area contributed by atoms with Crippen molar-refractivity contribution in [3.63, 3.8) is 0 Å². The van der Waals surface area contributed by atoms with Crippen molar-refractivity contribution in [2.24, 2.45) is 40.4 Å². The van der Waals surface area contributed by atoms with Gasteiger partial charge in [0, 0.05) is 12.8 Å². The van der Waals surface area contributed by atoms with Gasteiger partial charge in [-0.05, 0) is 98.2 Å². The van der Waals surface area contributed by atoms with Gasteiger partial charge in [-0.1, -0.05) is 59.8 Å². The third-order valence-electron chi connectivity index (χ3n) is 11.8. The van der Waals surface area contributed by atoms with Crippen LogP contribution in [0.5, 0.6) is 0 Å². The molecule has 3 aliphatic carbocycles. The first kappa shape index (κ1) is 28.5. The van der Waals surface area contributed by atoms with Crippen LogP contribution in [0.4, 0.5) is 0 Å². The molecule has 5 aliphatic rings.